The van der Waals surface area contributed by atoms with Crippen molar-refractivity contribution >= 4 is 68.1 Å². The molecule has 8 heteroatoms. The number of thiocarbonyl (C=S) groups is 1. The van der Waals surface area contributed by atoms with E-state index < -0.39 is 5.91 Å². The molecule has 154 valence electrons. The Morgan fingerprint density at radius 3 is 2.40 bits per heavy atom. The fourth-order valence-electron chi connectivity index (χ4n) is 2.66. The molecule has 0 spiro atoms. The number of carbonyl (C=O) groups is 1. The molecule has 0 aliphatic carbocycles. The fourth-order valence-corrected chi connectivity index (χ4v) is 3.71. The van der Waals surface area contributed by atoms with E-state index in [1.807, 2.05) is 36.4 Å². The highest BCUT2D eigenvalue weighted by Crippen LogP contribution is 2.30. The van der Waals surface area contributed by atoms with Crippen LogP contribution in [0.5, 0.6) is 5.75 Å². The number of amides is 1. The maximum Gasteiger partial charge on any atom is 0.261 e. The molecule has 0 heterocycles. The lowest BCUT2D eigenvalue weighted by Gasteiger charge is -2.15. The molecule has 2 N–H and O–H groups in total. The van der Waals surface area contributed by atoms with Crippen molar-refractivity contribution in [3.05, 3.63) is 92.4 Å². The molecule has 0 atom stereocenters. The Balaban J connectivity index is 1.67. The van der Waals surface area contributed by atoms with Crippen LogP contribution in [0.4, 0.5) is 5.69 Å². The van der Waals surface area contributed by atoms with E-state index in [4.69, 9.17) is 40.2 Å². The van der Waals surface area contributed by atoms with Crippen molar-refractivity contribution in [3.8, 4) is 5.75 Å². The van der Waals surface area contributed by atoms with Crippen LogP contribution in [0.1, 0.15) is 15.9 Å². The quantitative estimate of drug-likeness (QED) is 0.362. The van der Waals surface area contributed by atoms with Gasteiger partial charge in [-0.25, -0.2) is 0 Å². The molecule has 0 bridgehead atoms. The van der Waals surface area contributed by atoms with E-state index in [1.54, 1.807) is 30.3 Å². The van der Waals surface area contributed by atoms with E-state index in [9.17, 15) is 4.79 Å². The zero-order chi connectivity index (χ0) is 21.5. The van der Waals surface area contributed by atoms with Gasteiger partial charge in [0, 0.05) is 10.9 Å². The van der Waals surface area contributed by atoms with Gasteiger partial charge in [0.25, 0.3) is 5.91 Å². The summed E-state index contributed by atoms with van der Waals surface area (Å²) in [6, 6.07) is 20.3. The van der Waals surface area contributed by atoms with E-state index in [2.05, 4.69) is 26.6 Å². The fraction of sp³-hybridized carbons (Fsp3) is 0.0909. The number of nitrogens with one attached hydrogen (secondary N) is 2. The van der Waals surface area contributed by atoms with Crippen LogP contribution in [-0.4, -0.2) is 17.6 Å². The molecular weight excluding hydrogens is 507 g/mol. The van der Waals surface area contributed by atoms with Gasteiger partial charge in [-0.15, -0.1) is 0 Å². The molecule has 0 aromatic heterocycles. The Labute approximate surface area is 198 Å². The number of para-hydroxylation sites is 1. The van der Waals surface area contributed by atoms with Crippen molar-refractivity contribution in [1.82, 2.24) is 5.32 Å². The number of carbonyl (C=O) groups excluding carboxylic acids is 1. The second kappa shape index (κ2) is 10.8. The third-order valence-corrected chi connectivity index (χ3v) is 5.43. The van der Waals surface area contributed by atoms with Crippen molar-refractivity contribution in [1.29, 1.82) is 0 Å². The Morgan fingerprint density at radius 1 is 1.00 bits per heavy atom. The number of ether oxygens (including phenoxy) is 1. The predicted molar refractivity (Wildman–Crippen MR) is 130 cm³/mol. The van der Waals surface area contributed by atoms with Gasteiger partial charge in [-0.1, -0.05) is 75.5 Å². The van der Waals surface area contributed by atoms with Crippen LogP contribution in [-0.2, 0) is 6.42 Å². The van der Waals surface area contributed by atoms with Gasteiger partial charge >= 0.3 is 0 Å². The molecule has 0 saturated heterocycles. The maximum absolute atomic E-state index is 12.8. The summed E-state index contributed by atoms with van der Waals surface area (Å²) in [6.07, 6.45) is 0.725. The highest BCUT2D eigenvalue weighted by atomic mass is 79.9. The van der Waals surface area contributed by atoms with Gasteiger partial charge in [-0.3, -0.25) is 10.1 Å². The van der Waals surface area contributed by atoms with E-state index in [0.29, 0.717) is 33.7 Å². The molecule has 0 saturated carbocycles. The first kappa shape index (κ1) is 22.6. The smallest absolute Gasteiger partial charge is 0.261 e. The Bertz CT molecular complexity index is 1040. The summed E-state index contributed by atoms with van der Waals surface area (Å²) >= 11 is 20.9. The summed E-state index contributed by atoms with van der Waals surface area (Å²) in [5.74, 6) is 0.0527. The molecule has 3 aromatic rings. The van der Waals surface area contributed by atoms with Crippen molar-refractivity contribution in [2.45, 2.75) is 6.42 Å². The topological polar surface area (TPSA) is 50.4 Å². The van der Waals surface area contributed by atoms with Crippen LogP contribution in [0.3, 0.4) is 0 Å². The summed E-state index contributed by atoms with van der Waals surface area (Å²) in [5.41, 5.74) is 1.94. The third kappa shape index (κ3) is 6.19. The first-order valence-corrected chi connectivity index (χ1v) is 10.9. The molecule has 3 rings (SSSR count). The normalized spacial score (nSPS) is 10.4. The highest BCUT2D eigenvalue weighted by molar-refractivity contribution is 9.10. The second-order valence-electron chi connectivity index (χ2n) is 6.23. The minimum Gasteiger partial charge on any atom is -0.492 e. The van der Waals surface area contributed by atoms with Crippen LogP contribution in [0.15, 0.2) is 71.2 Å². The third-order valence-electron chi connectivity index (χ3n) is 4.11. The first-order valence-electron chi connectivity index (χ1n) is 8.96. The van der Waals surface area contributed by atoms with Crippen molar-refractivity contribution in [2.24, 2.45) is 0 Å². The Hall–Kier alpha value is -2.12. The zero-order valence-electron chi connectivity index (χ0n) is 15.6. The van der Waals surface area contributed by atoms with Gasteiger partial charge in [-0.2, -0.15) is 0 Å². The summed E-state index contributed by atoms with van der Waals surface area (Å²) in [5, 5.41) is 6.36. The molecule has 3 aromatic carbocycles. The van der Waals surface area contributed by atoms with Crippen LogP contribution >= 0.6 is 51.3 Å². The lowest BCUT2D eigenvalue weighted by Crippen LogP contribution is -2.34. The highest BCUT2D eigenvalue weighted by Gasteiger charge is 2.16. The molecule has 30 heavy (non-hydrogen) atoms. The second-order valence-corrected chi connectivity index (χ2v) is 8.37. The average Bonchev–Trinajstić information content (AvgIpc) is 2.72. The van der Waals surface area contributed by atoms with Gasteiger partial charge in [0.2, 0.25) is 0 Å². The zero-order valence-corrected chi connectivity index (χ0v) is 19.5. The van der Waals surface area contributed by atoms with Gasteiger partial charge in [-0.05, 0) is 48.1 Å². The minimum absolute atomic E-state index is 0.0743. The molecule has 4 nitrogen and oxygen atoms in total. The SMILES string of the molecule is O=C(NC(=S)Nc1c(Cl)cccc1Cl)c1cc(Br)ccc1OCCc1ccccc1. The van der Waals surface area contributed by atoms with E-state index in [1.165, 1.54) is 0 Å². The summed E-state index contributed by atoms with van der Waals surface area (Å²) in [4.78, 5) is 12.8. The molecule has 0 fully saturated rings. The monoisotopic (exact) mass is 522 g/mol. The summed E-state index contributed by atoms with van der Waals surface area (Å²) in [7, 11) is 0. The van der Waals surface area contributed by atoms with Crippen LogP contribution in [0.2, 0.25) is 10.0 Å². The van der Waals surface area contributed by atoms with Crippen LogP contribution in [0, 0.1) is 0 Å². The van der Waals surface area contributed by atoms with Crippen LogP contribution < -0.4 is 15.4 Å². The van der Waals surface area contributed by atoms with E-state index >= 15 is 0 Å². The molecule has 0 aliphatic rings. The molecule has 0 radical (unpaired) electrons. The number of hydrogen-bond donors (Lipinski definition) is 2. The van der Waals surface area contributed by atoms with Crippen molar-refractivity contribution in [3.63, 3.8) is 0 Å². The van der Waals surface area contributed by atoms with Gasteiger partial charge in [0.05, 0.1) is 27.9 Å². The number of rotatable bonds is 6. The van der Waals surface area contributed by atoms with Gasteiger partial charge < -0.3 is 10.1 Å². The molecule has 0 unspecified atom stereocenters. The Morgan fingerprint density at radius 2 is 1.70 bits per heavy atom. The average molecular weight is 524 g/mol. The van der Waals surface area contributed by atoms with Gasteiger partial charge in [0.1, 0.15) is 5.75 Å². The maximum atomic E-state index is 12.8. The lowest BCUT2D eigenvalue weighted by atomic mass is 10.1. The predicted octanol–water partition coefficient (Wildman–Crippen LogP) is 6.50. The number of anilines is 1. The summed E-state index contributed by atoms with van der Waals surface area (Å²) < 4.78 is 6.61. The molecular formula is C22H17BrCl2N2O2S. The van der Waals surface area contributed by atoms with Crippen molar-refractivity contribution in [2.75, 3.05) is 11.9 Å². The number of hydrogen-bond acceptors (Lipinski definition) is 3. The largest absolute Gasteiger partial charge is 0.492 e. The van der Waals surface area contributed by atoms with Crippen molar-refractivity contribution < 1.29 is 9.53 Å². The Kier molecular flexibility index (Phi) is 8.10. The van der Waals surface area contributed by atoms with Gasteiger partial charge in [0.15, 0.2) is 5.11 Å². The molecule has 0 aliphatic heterocycles. The minimum atomic E-state index is -0.410. The van der Waals surface area contributed by atoms with E-state index in [-0.39, 0.29) is 5.11 Å². The number of halogens is 3. The standard InChI is InChI=1S/C22H17BrCl2N2O2S/c23-15-9-10-19(29-12-11-14-5-2-1-3-6-14)16(13-15)21(28)27-22(30)26-20-17(24)7-4-8-18(20)25/h1-10,13H,11-12H2,(H2,26,27,28,30). The number of benzene rings is 3. The van der Waals surface area contributed by atoms with Crippen LogP contribution in [0.25, 0.3) is 0 Å². The molecule has 1 amide bonds. The summed E-state index contributed by atoms with van der Waals surface area (Å²) in [6.45, 7) is 0.434. The first-order chi connectivity index (χ1) is 14.4. The van der Waals surface area contributed by atoms with E-state index in [0.717, 1.165) is 16.5 Å². The lowest BCUT2D eigenvalue weighted by molar-refractivity contribution is 0.0973.